The van der Waals surface area contributed by atoms with Gasteiger partial charge in [-0.15, -0.1) is 0 Å². The van der Waals surface area contributed by atoms with Crippen LogP contribution in [0.2, 0.25) is 0 Å². The predicted molar refractivity (Wildman–Crippen MR) is 93.5 cm³/mol. The van der Waals surface area contributed by atoms with Crippen molar-refractivity contribution in [2.45, 2.75) is 6.92 Å². The van der Waals surface area contributed by atoms with Gasteiger partial charge in [0.15, 0.2) is 6.61 Å². The number of amides is 1. The fraction of sp³-hybridized carbons (Fsp3) is 0.118. The maximum Gasteiger partial charge on any atom is 0.336 e. The quantitative estimate of drug-likeness (QED) is 0.586. The van der Waals surface area contributed by atoms with E-state index in [4.69, 9.17) is 9.84 Å². The number of carboxylic acid groups (broad SMARTS) is 1. The lowest BCUT2D eigenvalue weighted by atomic mass is 10.1. The Balaban J connectivity index is 1.89. The second-order valence-electron chi connectivity index (χ2n) is 4.89. The van der Waals surface area contributed by atoms with Crippen molar-refractivity contribution in [3.05, 3.63) is 63.6 Å². The van der Waals surface area contributed by atoms with E-state index in [9.17, 15) is 9.59 Å². The third-order valence-corrected chi connectivity index (χ3v) is 3.97. The van der Waals surface area contributed by atoms with Crippen molar-refractivity contribution in [3.8, 4) is 5.75 Å². The molecule has 0 fully saturated rings. The van der Waals surface area contributed by atoms with Crippen molar-refractivity contribution in [2.75, 3.05) is 6.61 Å². The van der Waals surface area contributed by atoms with E-state index in [1.54, 1.807) is 24.3 Å². The Bertz CT molecular complexity index is 790. The van der Waals surface area contributed by atoms with Crippen LogP contribution >= 0.6 is 15.9 Å². The standard InChI is InChI=1S/C17H15BrN2O4/c1-11-8-13(6-7-15(11)18)24-10-16(21)20-19-9-12-4-2-3-5-14(12)17(22)23/h2-9H,10H2,1H3,(H,20,21)(H,22,23)/b19-9+. The molecule has 6 nitrogen and oxygen atoms in total. The van der Waals surface area contributed by atoms with Gasteiger partial charge in [0.2, 0.25) is 0 Å². The van der Waals surface area contributed by atoms with Crippen LogP contribution in [-0.4, -0.2) is 29.8 Å². The maximum atomic E-state index is 11.7. The number of benzene rings is 2. The summed E-state index contributed by atoms with van der Waals surface area (Å²) in [5, 5.41) is 12.8. The Hall–Kier alpha value is -2.67. The Kier molecular flexibility index (Phi) is 6.08. The normalized spacial score (nSPS) is 10.6. The molecule has 0 heterocycles. The molecule has 0 bridgehead atoms. The summed E-state index contributed by atoms with van der Waals surface area (Å²) in [5.41, 5.74) is 3.80. The predicted octanol–water partition coefficient (Wildman–Crippen LogP) is 2.98. The summed E-state index contributed by atoms with van der Waals surface area (Å²) >= 11 is 3.39. The van der Waals surface area contributed by atoms with Crippen molar-refractivity contribution in [2.24, 2.45) is 5.10 Å². The fourth-order valence-electron chi connectivity index (χ4n) is 1.87. The van der Waals surface area contributed by atoms with Crippen LogP contribution in [0.25, 0.3) is 0 Å². The number of hydrogen-bond acceptors (Lipinski definition) is 4. The van der Waals surface area contributed by atoms with Gasteiger partial charge in [0.1, 0.15) is 5.75 Å². The summed E-state index contributed by atoms with van der Waals surface area (Å²) < 4.78 is 6.33. The van der Waals surface area contributed by atoms with Crippen molar-refractivity contribution < 1.29 is 19.4 Å². The number of carbonyl (C=O) groups is 2. The van der Waals surface area contributed by atoms with Crippen molar-refractivity contribution >= 4 is 34.0 Å². The second-order valence-corrected chi connectivity index (χ2v) is 5.74. The summed E-state index contributed by atoms with van der Waals surface area (Å²) in [5.74, 6) is -0.928. The Labute approximate surface area is 147 Å². The molecule has 0 radical (unpaired) electrons. The molecule has 0 saturated heterocycles. The molecule has 0 unspecified atom stereocenters. The summed E-state index contributed by atoms with van der Waals surface area (Å²) in [4.78, 5) is 22.8. The molecule has 2 N–H and O–H groups in total. The molecular formula is C17H15BrN2O4. The van der Waals surface area contributed by atoms with Crippen molar-refractivity contribution in [3.63, 3.8) is 0 Å². The molecule has 1 amide bonds. The van der Waals surface area contributed by atoms with E-state index in [0.717, 1.165) is 10.0 Å². The topological polar surface area (TPSA) is 88.0 Å². The van der Waals surface area contributed by atoms with Crippen LogP contribution in [0.4, 0.5) is 0 Å². The third-order valence-electron chi connectivity index (χ3n) is 3.08. The van der Waals surface area contributed by atoms with Gasteiger partial charge in [-0.25, -0.2) is 10.2 Å². The number of aryl methyl sites for hydroxylation is 1. The summed E-state index contributed by atoms with van der Waals surface area (Å²) in [6, 6.07) is 11.8. The van der Waals surface area contributed by atoms with E-state index >= 15 is 0 Å². The zero-order chi connectivity index (χ0) is 17.5. The van der Waals surface area contributed by atoms with Gasteiger partial charge in [-0.1, -0.05) is 34.1 Å². The van der Waals surface area contributed by atoms with Crippen molar-refractivity contribution in [1.29, 1.82) is 0 Å². The van der Waals surface area contributed by atoms with E-state index in [0.29, 0.717) is 11.3 Å². The lowest BCUT2D eigenvalue weighted by Crippen LogP contribution is -2.24. The van der Waals surface area contributed by atoms with Gasteiger partial charge in [-0.3, -0.25) is 4.79 Å². The van der Waals surface area contributed by atoms with Gasteiger partial charge in [0, 0.05) is 10.0 Å². The van der Waals surface area contributed by atoms with Gasteiger partial charge < -0.3 is 9.84 Å². The zero-order valence-electron chi connectivity index (χ0n) is 12.8. The molecule has 0 aliphatic carbocycles. The SMILES string of the molecule is Cc1cc(OCC(=O)N/N=C/c2ccccc2C(=O)O)ccc1Br. The van der Waals surface area contributed by atoms with E-state index < -0.39 is 11.9 Å². The van der Waals surface area contributed by atoms with E-state index in [2.05, 4.69) is 26.5 Å². The van der Waals surface area contributed by atoms with E-state index in [1.807, 2.05) is 19.1 Å². The summed E-state index contributed by atoms with van der Waals surface area (Å²) in [6.07, 6.45) is 1.28. The van der Waals surface area contributed by atoms with Crippen LogP contribution < -0.4 is 10.2 Å². The monoisotopic (exact) mass is 390 g/mol. The highest BCUT2D eigenvalue weighted by atomic mass is 79.9. The molecule has 0 saturated carbocycles. The van der Waals surface area contributed by atoms with Crippen molar-refractivity contribution in [1.82, 2.24) is 5.43 Å². The van der Waals surface area contributed by atoms with Crippen LogP contribution in [0, 0.1) is 6.92 Å². The number of aromatic carboxylic acids is 1. The molecular weight excluding hydrogens is 376 g/mol. The molecule has 2 rings (SSSR count). The molecule has 0 atom stereocenters. The van der Waals surface area contributed by atoms with Crippen LogP contribution in [0.5, 0.6) is 5.75 Å². The van der Waals surface area contributed by atoms with Gasteiger partial charge in [-0.2, -0.15) is 5.10 Å². The molecule has 0 aliphatic heterocycles. The molecule has 2 aromatic rings. The smallest absolute Gasteiger partial charge is 0.336 e. The summed E-state index contributed by atoms with van der Waals surface area (Å²) in [7, 11) is 0. The number of nitrogens with zero attached hydrogens (tertiary/aromatic N) is 1. The second kappa shape index (κ2) is 8.26. The summed E-state index contributed by atoms with van der Waals surface area (Å²) in [6.45, 7) is 1.72. The Morgan fingerprint density at radius 3 is 2.75 bits per heavy atom. The number of ether oxygens (including phenoxy) is 1. The van der Waals surface area contributed by atoms with E-state index in [1.165, 1.54) is 12.3 Å². The molecule has 2 aromatic carbocycles. The van der Waals surface area contributed by atoms with Crippen LogP contribution in [0.3, 0.4) is 0 Å². The lowest BCUT2D eigenvalue weighted by molar-refractivity contribution is -0.123. The minimum atomic E-state index is -1.06. The first-order valence-corrected chi connectivity index (χ1v) is 7.80. The van der Waals surface area contributed by atoms with Gasteiger partial charge >= 0.3 is 5.97 Å². The van der Waals surface area contributed by atoms with E-state index in [-0.39, 0.29) is 12.2 Å². The fourth-order valence-corrected chi connectivity index (χ4v) is 2.11. The third kappa shape index (κ3) is 4.92. The number of hydrogen-bond donors (Lipinski definition) is 2. The van der Waals surface area contributed by atoms with Crippen LogP contribution in [0.1, 0.15) is 21.5 Å². The van der Waals surface area contributed by atoms with Crippen LogP contribution in [0.15, 0.2) is 52.0 Å². The first-order chi connectivity index (χ1) is 11.5. The highest BCUT2D eigenvalue weighted by Gasteiger charge is 2.07. The average molecular weight is 391 g/mol. The molecule has 24 heavy (non-hydrogen) atoms. The van der Waals surface area contributed by atoms with Gasteiger partial charge in [-0.05, 0) is 36.8 Å². The number of rotatable bonds is 6. The Morgan fingerprint density at radius 2 is 2.04 bits per heavy atom. The largest absolute Gasteiger partial charge is 0.484 e. The minimum absolute atomic E-state index is 0.108. The number of halogens is 1. The zero-order valence-corrected chi connectivity index (χ0v) is 14.4. The number of nitrogens with one attached hydrogen (secondary N) is 1. The first kappa shape index (κ1) is 17.7. The molecule has 0 aliphatic rings. The molecule has 0 spiro atoms. The highest BCUT2D eigenvalue weighted by Crippen LogP contribution is 2.21. The van der Waals surface area contributed by atoms with Gasteiger partial charge in [0.25, 0.3) is 5.91 Å². The Morgan fingerprint density at radius 1 is 1.29 bits per heavy atom. The average Bonchev–Trinajstić information content (AvgIpc) is 2.56. The first-order valence-electron chi connectivity index (χ1n) is 7.00. The number of carboxylic acids is 1. The lowest BCUT2D eigenvalue weighted by Gasteiger charge is -2.06. The maximum absolute atomic E-state index is 11.7. The number of carbonyl (C=O) groups excluding carboxylic acids is 1. The van der Waals surface area contributed by atoms with Crippen LogP contribution in [-0.2, 0) is 4.79 Å². The minimum Gasteiger partial charge on any atom is -0.484 e. The highest BCUT2D eigenvalue weighted by molar-refractivity contribution is 9.10. The molecule has 0 aromatic heterocycles. The molecule has 7 heteroatoms. The van der Waals surface area contributed by atoms with Gasteiger partial charge in [0.05, 0.1) is 11.8 Å². The molecule has 124 valence electrons. The number of hydrazone groups is 1.